The van der Waals surface area contributed by atoms with Crippen LogP contribution in [0.15, 0.2) is 24.3 Å². The van der Waals surface area contributed by atoms with Gasteiger partial charge in [-0.05, 0) is 43.4 Å². The van der Waals surface area contributed by atoms with Gasteiger partial charge in [0.25, 0.3) is 0 Å². The smallest absolute Gasteiger partial charge is 0.231 e. The number of carbonyl (C=O) groups is 2. The van der Waals surface area contributed by atoms with E-state index in [1.165, 1.54) is 0 Å². The Bertz CT molecular complexity index is 605. The number of nitrogens with zero attached hydrogens (tertiary/aromatic N) is 1. The molecule has 1 saturated carbocycles. The molecule has 24 heavy (non-hydrogen) atoms. The zero-order valence-corrected chi connectivity index (χ0v) is 14.5. The van der Waals surface area contributed by atoms with E-state index >= 15 is 0 Å². The highest BCUT2D eigenvalue weighted by Crippen LogP contribution is 2.44. The van der Waals surface area contributed by atoms with Gasteiger partial charge < -0.3 is 11.1 Å². The third kappa shape index (κ3) is 3.57. The summed E-state index contributed by atoms with van der Waals surface area (Å²) in [5, 5.41) is 3.92. The number of nitrogens with one attached hydrogen (secondary N) is 1. The number of benzene rings is 1. The second-order valence-corrected chi connectivity index (χ2v) is 7.37. The lowest BCUT2D eigenvalue weighted by Crippen LogP contribution is -2.54. The van der Waals surface area contributed by atoms with Gasteiger partial charge in [-0.25, -0.2) is 0 Å². The molecule has 6 heteroatoms. The fraction of sp³-hybridized carbons (Fsp3) is 0.556. The lowest BCUT2D eigenvalue weighted by molar-refractivity contribution is -0.131. The molecule has 0 aromatic heterocycles. The summed E-state index contributed by atoms with van der Waals surface area (Å²) in [7, 11) is 0. The predicted octanol–water partition coefficient (Wildman–Crippen LogP) is 1.83. The van der Waals surface area contributed by atoms with Crippen LogP contribution in [0.25, 0.3) is 0 Å². The van der Waals surface area contributed by atoms with Crippen LogP contribution in [0, 0.1) is 0 Å². The summed E-state index contributed by atoms with van der Waals surface area (Å²) < 4.78 is 0. The third-order valence-electron chi connectivity index (χ3n) is 5.34. The van der Waals surface area contributed by atoms with Crippen LogP contribution in [0.2, 0.25) is 5.02 Å². The Balaban J connectivity index is 1.60. The molecule has 3 N–H and O–H groups in total. The van der Waals surface area contributed by atoms with Crippen molar-refractivity contribution in [1.29, 1.82) is 0 Å². The minimum atomic E-state index is -0.394. The lowest BCUT2D eigenvalue weighted by atomic mass is 9.63. The highest BCUT2D eigenvalue weighted by Gasteiger charge is 2.46. The number of hydrogen-bond acceptors (Lipinski definition) is 3. The molecule has 0 atom stereocenters. The second-order valence-electron chi connectivity index (χ2n) is 6.93. The first-order chi connectivity index (χ1) is 11.5. The Morgan fingerprint density at radius 2 is 1.83 bits per heavy atom. The second kappa shape index (κ2) is 7.11. The van der Waals surface area contributed by atoms with Crippen LogP contribution in [-0.2, 0) is 15.0 Å². The maximum atomic E-state index is 12.9. The number of likely N-dealkylation sites (tertiary alicyclic amines) is 1. The van der Waals surface area contributed by atoms with Gasteiger partial charge in [-0.1, -0.05) is 30.2 Å². The van der Waals surface area contributed by atoms with Crippen LogP contribution in [0.5, 0.6) is 0 Å². The highest BCUT2D eigenvalue weighted by atomic mass is 35.5. The summed E-state index contributed by atoms with van der Waals surface area (Å²) in [5.41, 5.74) is 5.90. The van der Waals surface area contributed by atoms with E-state index in [-0.39, 0.29) is 17.9 Å². The van der Waals surface area contributed by atoms with Crippen molar-refractivity contribution in [3.63, 3.8) is 0 Å². The molecule has 0 bridgehead atoms. The standard InChI is InChI=1S/C18H24ClN3O2/c19-14-4-2-13(3-5-14)18(8-1-9-18)17(24)21-15-6-10-22(11-7-15)12-16(20)23/h2-5,15H,1,6-12H2,(H2,20,23)(H,21,24). The van der Waals surface area contributed by atoms with E-state index in [0.717, 1.165) is 50.8 Å². The fourth-order valence-corrected chi connectivity index (χ4v) is 3.85. The number of rotatable bonds is 5. The quantitative estimate of drug-likeness (QED) is 0.851. The molecule has 3 rings (SSSR count). The first-order valence-corrected chi connectivity index (χ1v) is 8.95. The summed E-state index contributed by atoms with van der Waals surface area (Å²) in [4.78, 5) is 26.0. The van der Waals surface area contributed by atoms with E-state index in [1.54, 1.807) is 0 Å². The molecule has 1 heterocycles. The molecule has 2 fully saturated rings. The van der Waals surface area contributed by atoms with Gasteiger partial charge in [0.05, 0.1) is 12.0 Å². The minimum Gasteiger partial charge on any atom is -0.369 e. The predicted molar refractivity (Wildman–Crippen MR) is 93.8 cm³/mol. The summed E-state index contributed by atoms with van der Waals surface area (Å²) >= 11 is 5.97. The maximum absolute atomic E-state index is 12.9. The van der Waals surface area contributed by atoms with Crippen molar-refractivity contribution in [3.8, 4) is 0 Å². The number of halogens is 1. The molecule has 0 unspecified atom stereocenters. The van der Waals surface area contributed by atoms with Gasteiger partial charge >= 0.3 is 0 Å². The topological polar surface area (TPSA) is 75.4 Å². The summed E-state index contributed by atoms with van der Waals surface area (Å²) in [6.07, 6.45) is 4.57. The van der Waals surface area contributed by atoms with Gasteiger partial charge in [-0.15, -0.1) is 0 Å². The molecule has 1 saturated heterocycles. The summed E-state index contributed by atoms with van der Waals surface area (Å²) in [6, 6.07) is 7.82. The number of piperidine rings is 1. The highest BCUT2D eigenvalue weighted by molar-refractivity contribution is 6.30. The number of nitrogens with two attached hydrogens (primary N) is 1. The Morgan fingerprint density at radius 3 is 2.33 bits per heavy atom. The molecule has 5 nitrogen and oxygen atoms in total. The van der Waals surface area contributed by atoms with Crippen LogP contribution in [0.4, 0.5) is 0 Å². The zero-order valence-electron chi connectivity index (χ0n) is 13.8. The molecule has 1 aromatic carbocycles. The Hall–Kier alpha value is -1.59. The van der Waals surface area contributed by atoms with Crippen LogP contribution in [0.1, 0.15) is 37.7 Å². The molecule has 1 aliphatic carbocycles. The summed E-state index contributed by atoms with van der Waals surface area (Å²) in [6.45, 7) is 1.89. The molecule has 2 aliphatic rings. The van der Waals surface area contributed by atoms with Crippen molar-refractivity contribution in [1.82, 2.24) is 10.2 Å². The number of hydrogen-bond donors (Lipinski definition) is 2. The van der Waals surface area contributed by atoms with Gasteiger partial charge in [0, 0.05) is 24.2 Å². The van der Waals surface area contributed by atoms with Crippen molar-refractivity contribution in [2.24, 2.45) is 5.73 Å². The van der Waals surface area contributed by atoms with Crippen molar-refractivity contribution in [3.05, 3.63) is 34.9 Å². The minimum absolute atomic E-state index is 0.129. The molecule has 0 spiro atoms. The Kier molecular flexibility index (Phi) is 5.11. The van der Waals surface area contributed by atoms with Gasteiger partial charge in [-0.2, -0.15) is 0 Å². The molecule has 1 aromatic rings. The van der Waals surface area contributed by atoms with Gasteiger partial charge in [0.1, 0.15) is 0 Å². The molecular formula is C18H24ClN3O2. The molecule has 2 amide bonds. The Morgan fingerprint density at radius 1 is 1.21 bits per heavy atom. The van der Waals surface area contributed by atoms with E-state index in [2.05, 4.69) is 5.32 Å². The first kappa shape index (κ1) is 17.2. The van der Waals surface area contributed by atoms with Gasteiger partial charge in [0.15, 0.2) is 0 Å². The largest absolute Gasteiger partial charge is 0.369 e. The average Bonchev–Trinajstić information content (AvgIpc) is 2.49. The number of carbonyl (C=O) groups excluding carboxylic acids is 2. The van der Waals surface area contributed by atoms with E-state index < -0.39 is 5.41 Å². The van der Waals surface area contributed by atoms with Gasteiger partial charge in [-0.3, -0.25) is 14.5 Å². The SMILES string of the molecule is NC(=O)CN1CCC(NC(=O)C2(c3ccc(Cl)cc3)CCC2)CC1. The van der Waals surface area contributed by atoms with Crippen molar-refractivity contribution < 1.29 is 9.59 Å². The molecule has 130 valence electrons. The first-order valence-electron chi connectivity index (χ1n) is 8.57. The van der Waals surface area contributed by atoms with E-state index in [0.29, 0.717) is 11.6 Å². The van der Waals surface area contributed by atoms with Crippen molar-refractivity contribution in [2.45, 2.75) is 43.6 Å². The molecule has 1 aliphatic heterocycles. The lowest BCUT2D eigenvalue weighted by Gasteiger charge is -2.42. The number of amides is 2. The number of primary amides is 1. The molecule has 0 radical (unpaired) electrons. The van der Waals surface area contributed by atoms with Crippen LogP contribution < -0.4 is 11.1 Å². The van der Waals surface area contributed by atoms with Crippen LogP contribution in [-0.4, -0.2) is 42.4 Å². The van der Waals surface area contributed by atoms with Crippen molar-refractivity contribution >= 4 is 23.4 Å². The van der Waals surface area contributed by atoms with Crippen molar-refractivity contribution in [2.75, 3.05) is 19.6 Å². The monoisotopic (exact) mass is 349 g/mol. The van der Waals surface area contributed by atoms with E-state index in [4.69, 9.17) is 17.3 Å². The van der Waals surface area contributed by atoms with Crippen LogP contribution in [0.3, 0.4) is 0 Å². The average molecular weight is 350 g/mol. The fourth-order valence-electron chi connectivity index (χ4n) is 3.73. The van der Waals surface area contributed by atoms with E-state index in [1.807, 2.05) is 29.2 Å². The zero-order chi connectivity index (χ0) is 17.2. The maximum Gasteiger partial charge on any atom is 0.231 e. The van der Waals surface area contributed by atoms with E-state index in [9.17, 15) is 9.59 Å². The third-order valence-corrected chi connectivity index (χ3v) is 5.59. The van der Waals surface area contributed by atoms with Crippen LogP contribution >= 0.6 is 11.6 Å². The summed E-state index contributed by atoms with van der Waals surface area (Å²) in [5.74, 6) is -0.168. The normalized spacial score (nSPS) is 21.0. The molecular weight excluding hydrogens is 326 g/mol. The Labute approximate surface area is 147 Å². The van der Waals surface area contributed by atoms with Gasteiger partial charge in [0.2, 0.25) is 11.8 Å².